The second-order valence-electron chi connectivity index (χ2n) is 7.94. The average molecular weight is 439 g/mol. The number of rotatable bonds is 17. The van der Waals surface area contributed by atoms with Gasteiger partial charge in [0.2, 0.25) is 0 Å². The predicted octanol–water partition coefficient (Wildman–Crippen LogP) is 4.71. The van der Waals surface area contributed by atoms with Crippen molar-refractivity contribution in [3.8, 4) is 0 Å². The lowest BCUT2D eigenvalue weighted by atomic mass is 10.4. The molecule has 3 nitrogen and oxygen atoms in total. The molecular formula is C19H42N2OS3Si. The molecule has 0 aliphatic rings. The zero-order chi connectivity index (χ0) is 19.8. The minimum absolute atomic E-state index is 0.264. The van der Waals surface area contributed by atoms with Gasteiger partial charge in [-0.3, -0.25) is 4.79 Å². The first-order chi connectivity index (χ1) is 12.2. The van der Waals surface area contributed by atoms with Crippen molar-refractivity contribution >= 4 is 48.5 Å². The minimum atomic E-state index is -1.14. The normalized spacial score (nSPS) is 12.3. The fourth-order valence-electron chi connectivity index (χ4n) is 2.58. The summed E-state index contributed by atoms with van der Waals surface area (Å²) in [7, 11) is 7.48. The van der Waals surface area contributed by atoms with E-state index in [1.165, 1.54) is 78.8 Å². The SMILES string of the molecule is CC(=O)SCCCC[Si](C)(CCSCCN(C)C)CCSCCN(C)C. The van der Waals surface area contributed by atoms with Crippen molar-refractivity contribution < 1.29 is 4.79 Å². The van der Waals surface area contributed by atoms with Gasteiger partial charge in [0.1, 0.15) is 0 Å². The molecule has 0 rings (SSSR count). The van der Waals surface area contributed by atoms with Crippen LogP contribution in [0.15, 0.2) is 0 Å². The third-order valence-corrected chi connectivity index (χ3v) is 12.6. The van der Waals surface area contributed by atoms with Crippen LogP contribution in [0.3, 0.4) is 0 Å². The summed E-state index contributed by atoms with van der Waals surface area (Å²) in [6.07, 6.45) is 2.52. The highest BCUT2D eigenvalue weighted by atomic mass is 32.2. The first-order valence-electron chi connectivity index (χ1n) is 9.83. The van der Waals surface area contributed by atoms with E-state index in [-0.39, 0.29) is 5.12 Å². The summed E-state index contributed by atoms with van der Waals surface area (Å²) < 4.78 is 0. The van der Waals surface area contributed by atoms with Gasteiger partial charge in [-0.25, -0.2) is 0 Å². The van der Waals surface area contributed by atoms with E-state index in [2.05, 4.69) is 68.1 Å². The average Bonchev–Trinajstić information content (AvgIpc) is 2.53. The van der Waals surface area contributed by atoms with Gasteiger partial charge in [-0.05, 0) is 58.2 Å². The molecule has 0 aliphatic carbocycles. The van der Waals surface area contributed by atoms with Crippen molar-refractivity contribution in [2.24, 2.45) is 0 Å². The lowest BCUT2D eigenvalue weighted by Gasteiger charge is -2.28. The Bertz CT molecular complexity index is 340. The molecule has 0 N–H and O–H groups in total. The van der Waals surface area contributed by atoms with Crippen LogP contribution < -0.4 is 0 Å². The van der Waals surface area contributed by atoms with Crippen LogP contribution in [0.5, 0.6) is 0 Å². The van der Waals surface area contributed by atoms with E-state index in [9.17, 15) is 4.79 Å². The Hall–Kier alpha value is 0.857. The first-order valence-corrected chi connectivity index (χ1v) is 16.2. The van der Waals surface area contributed by atoms with Gasteiger partial charge in [-0.1, -0.05) is 30.8 Å². The van der Waals surface area contributed by atoms with Gasteiger partial charge in [0.25, 0.3) is 0 Å². The highest BCUT2D eigenvalue weighted by Gasteiger charge is 2.25. The molecule has 0 saturated heterocycles. The van der Waals surface area contributed by atoms with E-state index in [1.54, 1.807) is 6.92 Å². The van der Waals surface area contributed by atoms with E-state index in [4.69, 9.17) is 0 Å². The van der Waals surface area contributed by atoms with Gasteiger partial charge in [0, 0.05) is 37.3 Å². The van der Waals surface area contributed by atoms with E-state index >= 15 is 0 Å². The molecule has 0 saturated carbocycles. The molecule has 0 heterocycles. The van der Waals surface area contributed by atoms with E-state index in [1.807, 2.05) is 0 Å². The summed E-state index contributed by atoms with van der Waals surface area (Å²) in [6.45, 7) is 6.68. The molecule has 0 spiro atoms. The summed E-state index contributed by atoms with van der Waals surface area (Å²) in [5.41, 5.74) is 0. The van der Waals surface area contributed by atoms with Gasteiger partial charge >= 0.3 is 0 Å². The van der Waals surface area contributed by atoms with Crippen LogP contribution in [0.4, 0.5) is 0 Å². The van der Waals surface area contributed by atoms with Crippen molar-refractivity contribution in [2.45, 2.75) is 44.4 Å². The minimum Gasteiger partial charge on any atom is -0.309 e. The zero-order valence-electron chi connectivity index (χ0n) is 18.0. The van der Waals surface area contributed by atoms with E-state index in [0.717, 1.165) is 5.75 Å². The van der Waals surface area contributed by atoms with Crippen molar-refractivity contribution in [1.82, 2.24) is 9.80 Å². The van der Waals surface area contributed by atoms with E-state index in [0.29, 0.717) is 0 Å². The van der Waals surface area contributed by atoms with E-state index < -0.39 is 8.07 Å². The Morgan fingerprint density at radius 2 is 1.27 bits per heavy atom. The maximum absolute atomic E-state index is 11.1. The van der Waals surface area contributed by atoms with Crippen LogP contribution in [-0.4, -0.2) is 93.0 Å². The monoisotopic (exact) mass is 438 g/mol. The molecule has 0 aromatic carbocycles. The van der Waals surface area contributed by atoms with Crippen LogP contribution in [0.2, 0.25) is 24.7 Å². The van der Waals surface area contributed by atoms with Crippen LogP contribution in [0.1, 0.15) is 19.8 Å². The molecule has 26 heavy (non-hydrogen) atoms. The van der Waals surface area contributed by atoms with Crippen LogP contribution in [0.25, 0.3) is 0 Å². The van der Waals surface area contributed by atoms with Crippen molar-refractivity contribution in [3.63, 3.8) is 0 Å². The van der Waals surface area contributed by atoms with Gasteiger partial charge in [-0.2, -0.15) is 23.5 Å². The summed E-state index contributed by atoms with van der Waals surface area (Å²) >= 11 is 5.76. The molecule has 0 unspecified atom stereocenters. The Labute approximate surface area is 177 Å². The highest BCUT2D eigenvalue weighted by molar-refractivity contribution is 8.13. The number of hydrogen-bond acceptors (Lipinski definition) is 6. The molecule has 156 valence electrons. The topological polar surface area (TPSA) is 23.6 Å². The smallest absolute Gasteiger partial charge is 0.185 e. The fraction of sp³-hybridized carbons (Fsp3) is 0.947. The molecule has 7 heteroatoms. The molecule has 0 bridgehead atoms. The van der Waals surface area contributed by atoms with Gasteiger partial charge in [0.15, 0.2) is 5.12 Å². The Morgan fingerprint density at radius 3 is 1.69 bits per heavy atom. The number of carbonyl (C=O) groups excluding carboxylic acids is 1. The summed E-state index contributed by atoms with van der Waals surface area (Å²) in [4.78, 5) is 15.6. The van der Waals surface area contributed by atoms with Crippen molar-refractivity contribution in [3.05, 3.63) is 0 Å². The molecule has 0 atom stereocenters. The second kappa shape index (κ2) is 16.8. The fourth-order valence-corrected chi connectivity index (χ4v) is 11.6. The maximum atomic E-state index is 11.1. The van der Waals surface area contributed by atoms with Crippen molar-refractivity contribution in [2.75, 3.05) is 70.0 Å². The number of unbranched alkanes of at least 4 members (excludes halogenated alkanes) is 1. The van der Waals surface area contributed by atoms with Gasteiger partial charge in [-0.15, -0.1) is 0 Å². The molecule has 0 aliphatic heterocycles. The molecule has 0 fully saturated rings. The standard InChI is InChI=1S/C19H42N2OS3Si/c1-19(22)25-11-7-8-16-26(6,17-14-23-12-9-20(2)3)18-15-24-13-10-21(4)5/h7-18H2,1-6H3. The molecule has 0 amide bonds. The van der Waals surface area contributed by atoms with Crippen LogP contribution >= 0.6 is 35.3 Å². The number of thioether (sulfide) groups is 3. The Morgan fingerprint density at radius 1 is 0.769 bits per heavy atom. The molecule has 0 aromatic rings. The van der Waals surface area contributed by atoms with Crippen molar-refractivity contribution in [1.29, 1.82) is 0 Å². The van der Waals surface area contributed by atoms with Gasteiger partial charge in [0.05, 0.1) is 8.07 Å². The van der Waals surface area contributed by atoms with Crippen LogP contribution in [0, 0.1) is 0 Å². The Balaban J connectivity index is 4.16. The molecule has 0 radical (unpaired) electrons. The Kier molecular flexibility index (Phi) is 17.3. The predicted molar refractivity (Wildman–Crippen MR) is 130 cm³/mol. The summed E-state index contributed by atoms with van der Waals surface area (Å²) in [5.74, 6) is 6.19. The molecular weight excluding hydrogens is 397 g/mol. The van der Waals surface area contributed by atoms with Crippen LogP contribution in [-0.2, 0) is 4.79 Å². The zero-order valence-corrected chi connectivity index (χ0v) is 21.5. The lowest BCUT2D eigenvalue weighted by Crippen LogP contribution is -2.31. The summed E-state index contributed by atoms with van der Waals surface area (Å²) in [5, 5.41) is 0.264. The number of hydrogen-bond donors (Lipinski definition) is 0. The third kappa shape index (κ3) is 18.2. The quantitative estimate of drug-likeness (QED) is 0.241. The molecule has 0 aromatic heterocycles. The summed E-state index contributed by atoms with van der Waals surface area (Å²) in [6, 6.07) is 4.35. The number of carbonyl (C=O) groups is 1. The van der Waals surface area contributed by atoms with Gasteiger partial charge < -0.3 is 9.80 Å². The maximum Gasteiger partial charge on any atom is 0.185 e. The third-order valence-electron chi connectivity index (χ3n) is 4.55. The first kappa shape index (κ1) is 26.9. The second-order valence-corrected chi connectivity index (χ2v) is 16.8. The number of nitrogens with zero attached hydrogens (tertiary/aromatic N) is 2. The lowest BCUT2D eigenvalue weighted by molar-refractivity contribution is -0.109. The highest BCUT2D eigenvalue weighted by Crippen LogP contribution is 2.28. The largest absolute Gasteiger partial charge is 0.309 e.